The van der Waals surface area contributed by atoms with Crippen LogP contribution in [0.5, 0.6) is 5.75 Å². The van der Waals surface area contributed by atoms with Crippen molar-refractivity contribution in [3.8, 4) is 5.75 Å². The molecule has 0 aliphatic heterocycles. The number of amides is 2. The standard InChI is InChI=1S/C14H14N2O3S/c1-19-12-4-2-3-10(7-12)14(18)15-8-13(17)16-11-5-6-20-9-11/h2-7,9H,8H2,1H3,(H,15,18)(H,16,17). The van der Waals surface area contributed by atoms with E-state index in [2.05, 4.69) is 10.6 Å². The van der Waals surface area contributed by atoms with Crippen LogP contribution in [-0.4, -0.2) is 25.5 Å². The first-order chi connectivity index (χ1) is 9.69. The van der Waals surface area contributed by atoms with Crippen molar-refractivity contribution < 1.29 is 14.3 Å². The fourth-order valence-corrected chi connectivity index (χ4v) is 2.16. The second-order valence-corrected chi connectivity index (χ2v) is 4.75. The summed E-state index contributed by atoms with van der Waals surface area (Å²) < 4.78 is 5.04. The van der Waals surface area contributed by atoms with E-state index in [9.17, 15) is 9.59 Å². The fraction of sp³-hybridized carbons (Fsp3) is 0.143. The monoisotopic (exact) mass is 290 g/mol. The largest absolute Gasteiger partial charge is 0.497 e. The molecule has 0 bridgehead atoms. The maximum Gasteiger partial charge on any atom is 0.251 e. The number of methoxy groups -OCH3 is 1. The summed E-state index contributed by atoms with van der Waals surface area (Å²) in [7, 11) is 1.53. The Morgan fingerprint density at radius 2 is 2.15 bits per heavy atom. The van der Waals surface area contributed by atoms with Crippen molar-refractivity contribution in [1.29, 1.82) is 0 Å². The molecule has 1 heterocycles. The van der Waals surface area contributed by atoms with Gasteiger partial charge in [0.25, 0.3) is 5.91 Å². The van der Waals surface area contributed by atoms with Gasteiger partial charge in [-0.15, -0.1) is 0 Å². The molecule has 104 valence electrons. The zero-order chi connectivity index (χ0) is 14.4. The smallest absolute Gasteiger partial charge is 0.251 e. The van der Waals surface area contributed by atoms with Gasteiger partial charge in [-0.3, -0.25) is 9.59 Å². The lowest BCUT2D eigenvalue weighted by Gasteiger charge is -2.07. The molecular weight excluding hydrogens is 276 g/mol. The Labute approximate surface area is 120 Å². The van der Waals surface area contributed by atoms with E-state index in [-0.39, 0.29) is 18.4 Å². The summed E-state index contributed by atoms with van der Waals surface area (Å²) in [5.41, 5.74) is 1.18. The maximum absolute atomic E-state index is 11.9. The summed E-state index contributed by atoms with van der Waals surface area (Å²) in [6.45, 7) is -0.0775. The highest BCUT2D eigenvalue weighted by atomic mass is 32.1. The predicted molar refractivity (Wildman–Crippen MR) is 78.3 cm³/mol. The Kier molecular flexibility index (Phi) is 4.73. The first-order valence-corrected chi connectivity index (χ1v) is 6.87. The van der Waals surface area contributed by atoms with E-state index in [1.165, 1.54) is 18.4 Å². The van der Waals surface area contributed by atoms with Crippen LogP contribution < -0.4 is 15.4 Å². The quantitative estimate of drug-likeness (QED) is 0.886. The number of nitrogens with one attached hydrogen (secondary N) is 2. The number of ether oxygens (including phenoxy) is 1. The zero-order valence-corrected chi connectivity index (χ0v) is 11.7. The number of carbonyl (C=O) groups excluding carboxylic acids is 2. The van der Waals surface area contributed by atoms with Gasteiger partial charge in [-0.05, 0) is 29.6 Å². The number of rotatable bonds is 5. The minimum atomic E-state index is -0.315. The van der Waals surface area contributed by atoms with Gasteiger partial charge in [0.15, 0.2) is 0 Å². The molecule has 1 aromatic carbocycles. The van der Waals surface area contributed by atoms with Crippen LogP contribution in [0, 0.1) is 0 Å². The third-order valence-corrected chi connectivity index (χ3v) is 3.23. The van der Waals surface area contributed by atoms with Crippen molar-refractivity contribution in [1.82, 2.24) is 5.32 Å². The Bertz CT molecular complexity index is 596. The van der Waals surface area contributed by atoms with Gasteiger partial charge >= 0.3 is 0 Å². The van der Waals surface area contributed by atoms with Crippen LogP contribution >= 0.6 is 11.3 Å². The van der Waals surface area contributed by atoms with Crippen LogP contribution in [0.1, 0.15) is 10.4 Å². The average molecular weight is 290 g/mol. The molecule has 0 fully saturated rings. The number of hydrogen-bond donors (Lipinski definition) is 2. The molecule has 1 aromatic heterocycles. The summed E-state index contributed by atoms with van der Waals surface area (Å²) in [5, 5.41) is 8.93. The van der Waals surface area contributed by atoms with Gasteiger partial charge < -0.3 is 15.4 Å². The molecule has 2 amide bonds. The van der Waals surface area contributed by atoms with Gasteiger partial charge in [0.05, 0.1) is 19.3 Å². The normalized spacial score (nSPS) is 9.85. The van der Waals surface area contributed by atoms with Crippen LogP contribution in [0.25, 0.3) is 0 Å². The van der Waals surface area contributed by atoms with Gasteiger partial charge in [0.1, 0.15) is 5.75 Å². The summed E-state index contributed by atoms with van der Waals surface area (Å²) in [6, 6.07) is 8.55. The third-order valence-electron chi connectivity index (χ3n) is 2.55. The number of anilines is 1. The number of thiophene rings is 1. The second-order valence-electron chi connectivity index (χ2n) is 3.97. The molecule has 0 spiro atoms. The Hall–Kier alpha value is -2.34. The van der Waals surface area contributed by atoms with E-state index in [0.29, 0.717) is 11.3 Å². The van der Waals surface area contributed by atoms with Crippen molar-refractivity contribution >= 4 is 28.8 Å². The first-order valence-electron chi connectivity index (χ1n) is 5.93. The lowest BCUT2D eigenvalue weighted by atomic mass is 10.2. The molecule has 0 radical (unpaired) electrons. The molecule has 0 saturated heterocycles. The van der Waals surface area contributed by atoms with Gasteiger partial charge in [-0.1, -0.05) is 6.07 Å². The van der Waals surface area contributed by atoms with Crippen molar-refractivity contribution in [2.45, 2.75) is 0 Å². The molecule has 0 saturated carbocycles. The van der Waals surface area contributed by atoms with Crippen LogP contribution in [0.15, 0.2) is 41.1 Å². The molecule has 6 heteroatoms. The van der Waals surface area contributed by atoms with Crippen molar-refractivity contribution in [2.24, 2.45) is 0 Å². The molecule has 0 atom stereocenters. The molecule has 2 aromatic rings. The van der Waals surface area contributed by atoms with E-state index < -0.39 is 0 Å². The maximum atomic E-state index is 11.9. The highest BCUT2D eigenvalue weighted by Gasteiger charge is 2.09. The molecule has 2 rings (SSSR count). The predicted octanol–water partition coefficient (Wildman–Crippen LogP) is 2.13. The van der Waals surface area contributed by atoms with E-state index in [0.717, 1.165) is 5.69 Å². The van der Waals surface area contributed by atoms with Crippen molar-refractivity contribution in [3.63, 3.8) is 0 Å². The van der Waals surface area contributed by atoms with Crippen LogP contribution in [-0.2, 0) is 4.79 Å². The molecule has 0 aliphatic carbocycles. The molecule has 2 N–H and O–H groups in total. The van der Waals surface area contributed by atoms with Gasteiger partial charge in [-0.2, -0.15) is 11.3 Å². The molecular formula is C14H14N2O3S. The van der Waals surface area contributed by atoms with Crippen molar-refractivity contribution in [2.75, 3.05) is 19.0 Å². The second kappa shape index (κ2) is 6.72. The first kappa shape index (κ1) is 14.1. The molecule has 0 unspecified atom stereocenters. The third kappa shape index (κ3) is 3.83. The summed E-state index contributed by atoms with van der Waals surface area (Å²) in [6.07, 6.45) is 0. The summed E-state index contributed by atoms with van der Waals surface area (Å²) in [5.74, 6) is 0.0180. The van der Waals surface area contributed by atoms with Gasteiger partial charge in [0, 0.05) is 10.9 Å². The topological polar surface area (TPSA) is 67.4 Å². The van der Waals surface area contributed by atoms with E-state index in [1.54, 1.807) is 30.3 Å². The Morgan fingerprint density at radius 1 is 1.30 bits per heavy atom. The number of hydrogen-bond acceptors (Lipinski definition) is 4. The van der Waals surface area contributed by atoms with Crippen LogP contribution in [0.2, 0.25) is 0 Å². The highest BCUT2D eigenvalue weighted by Crippen LogP contribution is 2.13. The average Bonchev–Trinajstić information content (AvgIpc) is 2.97. The lowest BCUT2D eigenvalue weighted by molar-refractivity contribution is -0.115. The minimum absolute atomic E-state index is 0.0775. The summed E-state index contributed by atoms with van der Waals surface area (Å²) in [4.78, 5) is 23.5. The Balaban J connectivity index is 1.86. The van der Waals surface area contributed by atoms with E-state index >= 15 is 0 Å². The van der Waals surface area contributed by atoms with Crippen molar-refractivity contribution in [3.05, 3.63) is 46.7 Å². The molecule has 0 aliphatic rings. The summed E-state index contributed by atoms with van der Waals surface area (Å²) >= 11 is 1.49. The number of carbonyl (C=O) groups is 2. The SMILES string of the molecule is COc1cccc(C(=O)NCC(=O)Nc2ccsc2)c1. The van der Waals surface area contributed by atoms with Crippen LogP contribution in [0.4, 0.5) is 5.69 Å². The van der Waals surface area contributed by atoms with E-state index in [4.69, 9.17) is 4.74 Å². The molecule has 20 heavy (non-hydrogen) atoms. The van der Waals surface area contributed by atoms with Gasteiger partial charge in [0.2, 0.25) is 5.91 Å². The van der Waals surface area contributed by atoms with E-state index in [1.807, 2.05) is 10.8 Å². The number of benzene rings is 1. The van der Waals surface area contributed by atoms with Crippen LogP contribution in [0.3, 0.4) is 0 Å². The molecule has 5 nitrogen and oxygen atoms in total. The van der Waals surface area contributed by atoms with Gasteiger partial charge in [-0.25, -0.2) is 0 Å². The lowest BCUT2D eigenvalue weighted by Crippen LogP contribution is -2.32. The Morgan fingerprint density at radius 3 is 2.85 bits per heavy atom. The highest BCUT2D eigenvalue weighted by molar-refractivity contribution is 7.08. The fourth-order valence-electron chi connectivity index (χ4n) is 1.57. The zero-order valence-electron chi connectivity index (χ0n) is 10.9. The minimum Gasteiger partial charge on any atom is -0.497 e.